The van der Waals surface area contributed by atoms with E-state index in [9.17, 15) is 0 Å². The molecule has 0 saturated carbocycles. The molecule has 0 aliphatic heterocycles. The number of aromatic nitrogens is 1. The molecule has 1 aromatic heterocycles. The highest BCUT2D eigenvalue weighted by Crippen LogP contribution is 2.19. The molecule has 0 aliphatic rings. The number of anilines is 1. The maximum Gasteiger partial charge on any atom is 0.132 e. The Morgan fingerprint density at radius 1 is 1.28 bits per heavy atom. The Morgan fingerprint density at radius 2 is 2.11 bits per heavy atom. The number of nitrogens with zero attached hydrogens (tertiary/aromatic N) is 1. The third-order valence-corrected chi connectivity index (χ3v) is 2.88. The van der Waals surface area contributed by atoms with Crippen LogP contribution in [0.15, 0.2) is 36.4 Å². The molecular weight excluding hydrogens is 248 g/mol. The van der Waals surface area contributed by atoms with Crippen molar-refractivity contribution in [2.24, 2.45) is 0 Å². The fourth-order valence-corrected chi connectivity index (χ4v) is 1.74. The van der Waals surface area contributed by atoms with Gasteiger partial charge in [-0.2, -0.15) is 0 Å². The minimum absolute atomic E-state index is 0.359. The summed E-state index contributed by atoms with van der Waals surface area (Å²) in [4.78, 5) is 4.36. The molecule has 0 unspecified atom stereocenters. The monoisotopic (exact) mass is 262 g/mol. The van der Waals surface area contributed by atoms with Gasteiger partial charge in [-0.05, 0) is 36.8 Å². The van der Waals surface area contributed by atoms with E-state index >= 15 is 0 Å². The van der Waals surface area contributed by atoms with Gasteiger partial charge in [-0.25, -0.2) is 4.98 Å². The smallest absolute Gasteiger partial charge is 0.132 e. The van der Waals surface area contributed by atoms with Crippen molar-refractivity contribution >= 4 is 17.4 Å². The molecule has 0 aliphatic carbocycles. The number of benzene rings is 1. The van der Waals surface area contributed by atoms with Gasteiger partial charge >= 0.3 is 0 Å². The SMILES string of the molecule is CNc1ccc(Cl)c(COc2cccc(C)c2)n1. The summed E-state index contributed by atoms with van der Waals surface area (Å²) in [7, 11) is 1.82. The predicted molar refractivity (Wildman–Crippen MR) is 74.3 cm³/mol. The average molecular weight is 263 g/mol. The zero-order chi connectivity index (χ0) is 13.0. The summed E-state index contributed by atoms with van der Waals surface area (Å²) in [5.41, 5.74) is 1.89. The first-order valence-electron chi connectivity index (χ1n) is 5.71. The van der Waals surface area contributed by atoms with Crippen LogP contribution in [-0.4, -0.2) is 12.0 Å². The largest absolute Gasteiger partial charge is 0.487 e. The Balaban J connectivity index is 2.10. The highest BCUT2D eigenvalue weighted by atomic mass is 35.5. The van der Waals surface area contributed by atoms with Gasteiger partial charge in [0.1, 0.15) is 18.2 Å². The van der Waals surface area contributed by atoms with Crippen LogP contribution in [0, 0.1) is 6.92 Å². The molecule has 0 radical (unpaired) electrons. The second-order valence-corrected chi connectivity index (χ2v) is 4.39. The maximum atomic E-state index is 6.08. The van der Waals surface area contributed by atoms with Gasteiger partial charge in [0.15, 0.2) is 0 Å². The Kier molecular flexibility index (Phi) is 4.05. The number of pyridine rings is 1. The van der Waals surface area contributed by atoms with E-state index in [0.717, 1.165) is 22.8 Å². The molecule has 2 rings (SSSR count). The van der Waals surface area contributed by atoms with Crippen LogP contribution in [0.1, 0.15) is 11.3 Å². The van der Waals surface area contributed by atoms with Crippen molar-refractivity contribution in [1.82, 2.24) is 4.98 Å². The number of rotatable bonds is 4. The molecule has 1 aromatic carbocycles. The van der Waals surface area contributed by atoms with Crippen molar-refractivity contribution in [3.05, 3.63) is 52.7 Å². The van der Waals surface area contributed by atoms with Crippen LogP contribution in [0.2, 0.25) is 5.02 Å². The van der Waals surface area contributed by atoms with Gasteiger partial charge < -0.3 is 10.1 Å². The molecule has 4 heteroatoms. The number of ether oxygens (including phenoxy) is 1. The Morgan fingerprint density at radius 3 is 2.83 bits per heavy atom. The second kappa shape index (κ2) is 5.74. The molecule has 0 bridgehead atoms. The molecular formula is C14H15ClN2O. The molecule has 1 heterocycles. The summed E-state index contributed by atoms with van der Waals surface area (Å²) < 4.78 is 5.68. The van der Waals surface area contributed by atoms with Crippen LogP contribution < -0.4 is 10.1 Å². The molecule has 0 fully saturated rings. The second-order valence-electron chi connectivity index (χ2n) is 3.98. The molecule has 0 spiro atoms. The molecule has 94 valence electrons. The minimum Gasteiger partial charge on any atom is -0.487 e. The van der Waals surface area contributed by atoms with E-state index in [4.69, 9.17) is 16.3 Å². The lowest BCUT2D eigenvalue weighted by molar-refractivity contribution is 0.301. The van der Waals surface area contributed by atoms with E-state index in [-0.39, 0.29) is 0 Å². The first-order valence-corrected chi connectivity index (χ1v) is 6.09. The topological polar surface area (TPSA) is 34.1 Å². The lowest BCUT2D eigenvalue weighted by Crippen LogP contribution is -2.02. The fourth-order valence-electron chi connectivity index (χ4n) is 1.58. The molecule has 1 N–H and O–H groups in total. The van der Waals surface area contributed by atoms with Gasteiger partial charge in [-0.15, -0.1) is 0 Å². The van der Waals surface area contributed by atoms with E-state index in [1.807, 2.05) is 50.4 Å². The minimum atomic E-state index is 0.359. The molecule has 18 heavy (non-hydrogen) atoms. The van der Waals surface area contributed by atoms with Gasteiger partial charge in [0.05, 0.1) is 10.7 Å². The van der Waals surface area contributed by atoms with Crippen molar-refractivity contribution in [2.45, 2.75) is 13.5 Å². The normalized spacial score (nSPS) is 10.2. The van der Waals surface area contributed by atoms with Gasteiger partial charge in [0.2, 0.25) is 0 Å². The zero-order valence-corrected chi connectivity index (χ0v) is 11.2. The first-order chi connectivity index (χ1) is 8.69. The van der Waals surface area contributed by atoms with E-state index in [1.54, 1.807) is 0 Å². The molecule has 0 saturated heterocycles. The van der Waals surface area contributed by atoms with Crippen molar-refractivity contribution < 1.29 is 4.74 Å². The van der Waals surface area contributed by atoms with Gasteiger partial charge in [-0.1, -0.05) is 23.7 Å². The van der Waals surface area contributed by atoms with E-state index in [1.165, 1.54) is 0 Å². The number of hydrogen-bond acceptors (Lipinski definition) is 3. The maximum absolute atomic E-state index is 6.08. The van der Waals surface area contributed by atoms with Crippen molar-refractivity contribution in [3.8, 4) is 5.75 Å². The van der Waals surface area contributed by atoms with Gasteiger partial charge in [-0.3, -0.25) is 0 Å². The molecule has 2 aromatic rings. The van der Waals surface area contributed by atoms with E-state index in [0.29, 0.717) is 11.6 Å². The lowest BCUT2D eigenvalue weighted by atomic mass is 10.2. The average Bonchev–Trinajstić information content (AvgIpc) is 2.38. The van der Waals surface area contributed by atoms with E-state index < -0.39 is 0 Å². The van der Waals surface area contributed by atoms with Crippen molar-refractivity contribution in [1.29, 1.82) is 0 Å². The summed E-state index contributed by atoms with van der Waals surface area (Å²) >= 11 is 6.08. The van der Waals surface area contributed by atoms with Crippen LogP contribution in [0.25, 0.3) is 0 Å². The van der Waals surface area contributed by atoms with Crippen LogP contribution >= 0.6 is 11.6 Å². The van der Waals surface area contributed by atoms with Crippen LogP contribution in [0.3, 0.4) is 0 Å². The van der Waals surface area contributed by atoms with Gasteiger partial charge in [0.25, 0.3) is 0 Å². The highest BCUT2D eigenvalue weighted by molar-refractivity contribution is 6.31. The summed E-state index contributed by atoms with van der Waals surface area (Å²) in [6.07, 6.45) is 0. The Bertz CT molecular complexity index is 543. The third-order valence-electron chi connectivity index (χ3n) is 2.54. The Hall–Kier alpha value is -1.74. The van der Waals surface area contributed by atoms with Crippen LogP contribution in [-0.2, 0) is 6.61 Å². The number of aryl methyl sites for hydroxylation is 1. The lowest BCUT2D eigenvalue weighted by Gasteiger charge is -2.09. The van der Waals surface area contributed by atoms with Gasteiger partial charge in [0, 0.05) is 7.05 Å². The quantitative estimate of drug-likeness (QED) is 0.913. The van der Waals surface area contributed by atoms with Crippen LogP contribution in [0.5, 0.6) is 5.75 Å². The van der Waals surface area contributed by atoms with E-state index in [2.05, 4.69) is 10.3 Å². The summed E-state index contributed by atoms with van der Waals surface area (Å²) in [5.74, 6) is 1.60. The first kappa shape index (κ1) is 12.7. The summed E-state index contributed by atoms with van der Waals surface area (Å²) in [5, 5.41) is 3.59. The summed E-state index contributed by atoms with van der Waals surface area (Å²) in [6, 6.07) is 11.5. The van der Waals surface area contributed by atoms with Crippen molar-refractivity contribution in [2.75, 3.05) is 12.4 Å². The Labute approximate surface area is 112 Å². The molecule has 0 amide bonds. The fraction of sp³-hybridized carbons (Fsp3) is 0.214. The zero-order valence-electron chi connectivity index (χ0n) is 10.4. The third kappa shape index (κ3) is 3.14. The standard InChI is InChI=1S/C14H15ClN2O/c1-10-4-3-5-11(8-10)18-9-13-12(15)6-7-14(16-2)17-13/h3-8H,9H2,1-2H3,(H,16,17). The molecule has 3 nitrogen and oxygen atoms in total. The number of halogens is 1. The number of hydrogen-bond donors (Lipinski definition) is 1. The van der Waals surface area contributed by atoms with Crippen molar-refractivity contribution in [3.63, 3.8) is 0 Å². The predicted octanol–water partition coefficient (Wildman–Crippen LogP) is 3.66. The number of nitrogens with one attached hydrogen (secondary N) is 1. The summed E-state index contributed by atoms with van der Waals surface area (Å²) in [6.45, 7) is 2.39. The highest BCUT2D eigenvalue weighted by Gasteiger charge is 2.04. The van der Waals surface area contributed by atoms with Crippen LogP contribution in [0.4, 0.5) is 5.82 Å². The molecule has 0 atom stereocenters.